The number of nitrogens with one attached hydrogen (secondary N) is 1. The average Bonchev–Trinajstić information content (AvgIpc) is 3.18. The molecule has 4 rings (SSSR count). The predicted octanol–water partition coefficient (Wildman–Crippen LogP) is 0.269. The molecule has 2 aliphatic heterocycles. The number of halogens is 1. The number of piperazine rings is 1. The summed E-state index contributed by atoms with van der Waals surface area (Å²) in [6, 6.07) is 6.66. The molecular weight excluding hydrogens is 320 g/mol. The highest BCUT2D eigenvalue weighted by Gasteiger charge is 2.45. The molecule has 2 aromatic rings. The second-order valence-corrected chi connectivity index (χ2v) is 6.14. The molecule has 0 radical (unpaired) electrons. The standard InChI is InChI=1S/C14H15ClN6O2/c15-8-2-1-3-9(6-8)21-18-13(17-19-21)10-4-5-11-14(23)16-7-12(22)20(10)11/h1-3,6,10-11,14,16,23H,4-5,7H2/t10-,11+,14?/m1/s1. The van der Waals surface area contributed by atoms with E-state index in [2.05, 4.69) is 20.7 Å². The molecule has 3 heterocycles. The lowest BCUT2D eigenvalue weighted by atomic mass is 10.1. The lowest BCUT2D eigenvalue weighted by Crippen LogP contribution is -2.58. The van der Waals surface area contributed by atoms with E-state index in [0.29, 0.717) is 29.4 Å². The van der Waals surface area contributed by atoms with E-state index in [1.54, 1.807) is 17.0 Å². The summed E-state index contributed by atoms with van der Waals surface area (Å²) in [5, 5.41) is 25.9. The number of aromatic nitrogens is 4. The van der Waals surface area contributed by atoms with Crippen molar-refractivity contribution in [1.29, 1.82) is 0 Å². The summed E-state index contributed by atoms with van der Waals surface area (Å²) < 4.78 is 0. The van der Waals surface area contributed by atoms with Gasteiger partial charge in [-0.2, -0.15) is 0 Å². The Morgan fingerprint density at radius 3 is 3.04 bits per heavy atom. The van der Waals surface area contributed by atoms with Gasteiger partial charge in [-0.25, -0.2) is 0 Å². The van der Waals surface area contributed by atoms with Crippen molar-refractivity contribution in [3.63, 3.8) is 0 Å². The van der Waals surface area contributed by atoms with Gasteiger partial charge in [0.1, 0.15) is 6.23 Å². The summed E-state index contributed by atoms with van der Waals surface area (Å²) in [5.74, 6) is 0.428. The largest absolute Gasteiger partial charge is 0.376 e. The number of carbonyl (C=O) groups is 1. The maximum absolute atomic E-state index is 12.2. The molecule has 0 spiro atoms. The van der Waals surface area contributed by atoms with E-state index < -0.39 is 6.23 Å². The second kappa shape index (κ2) is 5.55. The molecule has 8 nitrogen and oxygen atoms in total. The molecule has 1 unspecified atom stereocenters. The molecule has 3 atom stereocenters. The molecule has 0 saturated carbocycles. The lowest BCUT2D eigenvalue weighted by Gasteiger charge is -2.36. The highest BCUT2D eigenvalue weighted by Crippen LogP contribution is 2.36. The first-order chi connectivity index (χ1) is 11.1. The van der Waals surface area contributed by atoms with Crippen LogP contribution < -0.4 is 5.32 Å². The van der Waals surface area contributed by atoms with Crippen molar-refractivity contribution < 1.29 is 9.90 Å². The monoisotopic (exact) mass is 334 g/mol. The van der Waals surface area contributed by atoms with Gasteiger partial charge in [-0.15, -0.1) is 15.0 Å². The van der Waals surface area contributed by atoms with Gasteiger partial charge < -0.3 is 10.0 Å². The molecule has 23 heavy (non-hydrogen) atoms. The van der Waals surface area contributed by atoms with Crippen molar-refractivity contribution in [1.82, 2.24) is 30.4 Å². The van der Waals surface area contributed by atoms with Crippen LogP contribution in [0.2, 0.25) is 5.02 Å². The van der Waals surface area contributed by atoms with E-state index in [1.807, 2.05) is 12.1 Å². The molecule has 0 bridgehead atoms. The molecule has 2 fully saturated rings. The van der Waals surface area contributed by atoms with Crippen LogP contribution >= 0.6 is 11.6 Å². The fourth-order valence-corrected chi connectivity index (χ4v) is 3.43. The van der Waals surface area contributed by atoms with Gasteiger partial charge in [-0.1, -0.05) is 17.7 Å². The molecule has 120 valence electrons. The third-order valence-electron chi connectivity index (χ3n) is 4.31. The van der Waals surface area contributed by atoms with Crippen LogP contribution in [0.25, 0.3) is 5.69 Å². The van der Waals surface area contributed by atoms with Crippen molar-refractivity contribution in [2.75, 3.05) is 6.54 Å². The van der Waals surface area contributed by atoms with E-state index in [-0.39, 0.29) is 24.5 Å². The third-order valence-corrected chi connectivity index (χ3v) is 4.55. The number of hydrogen-bond donors (Lipinski definition) is 2. The van der Waals surface area contributed by atoms with Gasteiger partial charge in [0.15, 0.2) is 5.82 Å². The molecule has 2 aliphatic rings. The van der Waals surface area contributed by atoms with Gasteiger partial charge in [0.05, 0.1) is 24.3 Å². The van der Waals surface area contributed by atoms with E-state index in [4.69, 9.17) is 11.6 Å². The highest BCUT2D eigenvalue weighted by atomic mass is 35.5. The fraction of sp³-hybridized carbons (Fsp3) is 0.429. The van der Waals surface area contributed by atoms with Gasteiger partial charge in [-0.3, -0.25) is 10.1 Å². The summed E-state index contributed by atoms with van der Waals surface area (Å²) >= 11 is 5.98. The van der Waals surface area contributed by atoms with Crippen LogP contribution in [0, 0.1) is 0 Å². The average molecular weight is 335 g/mol. The molecular formula is C14H15ClN6O2. The number of aliphatic hydroxyl groups is 1. The second-order valence-electron chi connectivity index (χ2n) is 5.70. The summed E-state index contributed by atoms with van der Waals surface area (Å²) in [5.41, 5.74) is 0.706. The van der Waals surface area contributed by atoms with Crippen LogP contribution in [0.3, 0.4) is 0 Å². The molecule has 1 aromatic carbocycles. The Morgan fingerprint density at radius 1 is 1.35 bits per heavy atom. The minimum absolute atomic E-state index is 0.0538. The van der Waals surface area contributed by atoms with Gasteiger partial charge in [-0.05, 0) is 36.3 Å². The summed E-state index contributed by atoms with van der Waals surface area (Å²) in [6.07, 6.45) is 0.702. The van der Waals surface area contributed by atoms with Gasteiger partial charge >= 0.3 is 0 Å². The van der Waals surface area contributed by atoms with Crippen molar-refractivity contribution in [3.8, 4) is 5.69 Å². The Morgan fingerprint density at radius 2 is 2.22 bits per heavy atom. The van der Waals surface area contributed by atoms with Gasteiger partial charge in [0.25, 0.3) is 0 Å². The quantitative estimate of drug-likeness (QED) is 0.818. The number of tetrazole rings is 1. The lowest BCUT2D eigenvalue weighted by molar-refractivity contribution is -0.142. The number of rotatable bonds is 2. The number of nitrogens with zero attached hydrogens (tertiary/aromatic N) is 5. The number of fused-ring (bicyclic) bond motifs is 1. The molecule has 1 amide bonds. The number of benzene rings is 1. The molecule has 0 aliphatic carbocycles. The number of hydrogen-bond acceptors (Lipinski definition) is 6. The predicted molar refractivity (Wildman–Crippen MR) is 80.8 cm³/mol. The normalized spacial score (nSPS) is 27.3. The molecule has 2 N–H and O–H groups in total. The minimum atomic E-state index is -0.708. The van der Waals surface area contributed by atoms with Gasteiger partial charge in [0.2, 0.25) is 5.91 Å². The minimum Gasteiger partial charge on any atom is -0.376 e. The Bertz CT molecular complexity index is 750. The van der Waals surface area contributed by atoms with E-state index in [9.17, 15) is 9.90 Å². The third kappa shape index (κ3) is 2.48. The fourth-order valence-electron chi connectivity index (χ4n) is 3.25. The van der Waals surface area contributed by atoms with Crippen LogP contribution in [-0.4, -0.2) is 54.9 Å². The van der Waals surface area contributed by atoms with Crippen molar-refractivity contribution in [2.24, 2.45) is 0 Å². The maximum Gasteiger partial charge on any atom is 0.237 e. The SMILES string of the molecule is O=C1CNC(O)[C@@H]2CC[C@H](c3nnn(-c4cccc(Cl)c4)n3)N12. The first-order valence-corrected chi connectivity index (χ1v) is 7.80. The maximum atomic E-state index is 12.2. The van der Waals surface area contributed by atoms with Crippen LogP contribution in [0.15, 0.2) is 24.3 Å². The van der Waals surface area contributed by atoms with E-state index in [1.165, 1.54) is 4.80 Å². The number of aliphatic hydroxyl groups excluding tert-OH is 1. The van der Waals surface area contributed by atoms with Gasteiger partial charge in [0, 0.05) is 5.02 Å². The summed E-state index contributed by atoms with van der Waals surface area (Å²) in [4.78, 5) is 15.3. The smallest absolute Gasteiger partial charge is 0.237 e. The highest BCUT2D eigenvalue weighted by molar-refractivity contribution is 6.30. The first kappa shape index (κ1) is 14.6. The van der Waals surface area contributed by atoms with E-state index in [0.717, 1.165) is 0 Å². The molecule has 9 heteroatoms. The van der Waals surface area contributed by atoms with Crippen LogP contribution in [0.4, 0.5) is 0 Å². The zero-order chi connectivity index (χ0) is 16.0. The Labute approximate surface area is 137 Å². The summed E-state index contributed by atoms with van der Waals surface area (Å²) in [7, 11) is 0. The Hall–Kier alpha value is -2.03. The van der Waals surface area contributed by atoms with Crippen LogP contribution in [-0.2, 0) is 4.79 Å². The van der Waals surface area contributed by atoms with Crippen LogP contribution in [0.1, 0.15) is 24.7 Å². The zero-order valence-electron chi connectivity index (χ0n) is 12.1. The van der Waals surface area contributed by atoms with Crippen LogP contribution in [0.5, 0.6) is 0 Å². The Balaban J connectivity index is 1.63. The summed E-state index contributed by atoms with van der Waals surface area (Å²) in [6.45, 7) is 0.122. The van der Waals surface area contributed by atoms with Crippen molar-refractivity contribution in [2.45, 2.75) is 31.2 Å². The number of carbonyl (C=O) groups excluding carboxylic acids is 1. The first-order valence-electron chi connectivity index (χ1n) is 7.42. The molecule has 1 aromatic heterocycles. The number of amides is 1. The zero-order valence-corrected chi connectivity index (χ0v) is 12.9. The van der Waals surface area contributed by atoms with Crippen molar-refractivity contribution in [3.05, 3.63) is 35.1 Å². The topological polar surface area (TPSA) is 96.2 Å². The molecule has 2 saturated heterocycles. The van der Waals surface area contributed by atoms with Crippen molar-refractivity contribution >= 4 is 17.5 Å². The Kier molecular flexibility index (Phi) is 3.51. The van der Waals surface area contributed by atoms with E-state index >= 15 is 0 Å².